The van der Waals surface area contributed by atoms with Gasteiger partial charge in [0.05, 0.1) is 6.67 Å². The van der Waals surface area contributed by atoms with E-state index >= 15 is 0 Å². The van der Waals surface area contributed by atoms with Crippen LogP contribution in [0, 0.1) is 5.92 Å². The van der Waals surface area contributed by atoms with Crippen molar-refractivity contribution in [3.8, 4) is 0 Å². The van der Waals surface area contributed by atoms with Crippen LogP contribution in [0.1, 0.15) is 19.8 Å². The van der Waals surface area contributed by atoms with Crippen LogP contribution in [-0.4, -0.2) is 13.2 Å². The van der Waals surface area contributed by atoms with Gasteiger partial charge in [0.1, 0.15) is 0 Å². The minimum absolute atomic E-state index is 0.239. The Morgan fingerprint density at radius 2 is 2.33 bits per heavy atom. The van der Waals surface area contributed by atoms with Crippen molar-refractivity contribution in [3.63, 3.8) is 0 Å². The minimum atomic E-state index is -0.239. The Morgan fingerprint density at radius 1 is 1.67 bits per heavy atom. The Labute approximate surface area is 74.1 Å². The first-order valence-electron chi connectivity index (χ1n) is 4.34. The topological polar surface area (TPSA) is 26.0 Å². The average Bonchev–Trinajstić information content (AvgIpc) is 2.10. The van der Waals surface area contributed by atoms with Crippen molar-refractivity contribution in [1.82, 2.24) is 0 Å². The molecule has 2 heteroatoms. The molecule has 0 bridgehead atoms. The number of hydrogen-bond acceptors (Lipinski definition) is 1. The third-order valence-electron chi connectivity index (χ3n) is 1.93. The minimum Gasteiger partial charge on any atom is -0.327 e. The molecule has 0 rings (SSSR count). The summed E-state index contributed by atoms with van der Waals surface area (Å²) in [5.41, 5.74) is 6.50. The van der Waals surface area contributed by atoms with Gasteiger partial charge in [-0.05, 0) is 24.3 Å². The molecule has 1 atom stereocenters. The van der Waals surface area contributed by atoms with Crippen molar-refractivity contribution in [2.24, 2.45) is 11.7 Å². The molecule has 0 saturated carbocycles. The Kier molecular flexibility index (Phi) is 6.67. The molecule has 12 heavy (non-hydrogen) atoms. The van der Waals surface area contributed by atoms with Crippen LogP contribution in [0.2, 0.25) is 0 Å². The van der Waals surface area contributed by atoms with Crippen LogP contribution in [0.4, 0.5) is 4.39 Å². The quantitative estimate of drug-likeness (QED) is 0.610. The van der Waals surface area contributed by atoms with Crippen LogP contribution < -0.4 is 5.73 Å². The second kappa shape index (κ2) is 7.04. The van der Waals surface area contributed by atoms with Gasteiger partial charge in [0.2, 0.25) is 0 Å². The van der Waals surface area contributed by atoms with Gasteiger partial charge in [0, 0.05) is 6.54 Å². The van der Waals surface area contributed by atoms with Crippen LogP contribution in [0.15, 0.2) is 24.3 Å². The summed E-state index contributed by atoms with van der Waals surface area (Å²) in [5.74, 6) is 0.377. The Bertz CT molecular complexity index is 152. The van der Waals surface area contributed by atoms with E-state index in [1.165, 1.54) is 0 Å². The molecule has 1 unspecified atom stereocenters. The van der Waals surface area contributed by atoms with Crippen molar-refractivity contribution in [3.05, 3.63) is 24.3 Å². The van der Waals surface area contributed by atoms with E-state index in [0.717, 1.165) is 12.0 Å². The molecule has 0 aromatic rings. The summed E-state index contributed by atoms with van der Waals surface area (Å²) < 4.78 is 11.8. The number of halogens is 1. The van der Waals surface area contributed by atoms with Crippen LogP contribution >= 0.6 is 0 Å². The van der Waals surface area contributed by atoms with E-state index in [1.807, 2.05) is 6.08 Å². The third kappa shape index (κ3) is 4.29. The van der Waals surface area contributed by atoms with Gasteiger partial charge in [-0.15, -0.1) is 0 Å². The number of hydrogen-bond donors (Lipinski definition) is 1. The Morgan fingerprint density at radius 3 is 2.75 bits per heavy atom. The number of allylic oxidation sites excluding steroid dienone is 2. The zero-order valence-electron chi connectivity index (χ0n) is 7.72. The third-order valence-corrected chi connectivity index (χ3v) is 1.93. The zero-order chi connectivity index (χ0) is 9.40. The van der Waals surface area contributed by atoms with E-state index in [9.17, 15) is 4.39 Å². The second-order valence-electron chi connectivity index (χ2n) is 2.88. The maximum absolute atomic E-state index is 11.8. The predicted molar refractivity (Wildman–Crippen MR) is 51.7 cm³/mol. The van der Waals surface area contributed by atoms with Gasteiger partial charge in [-0.3, -0.25) is 4.39 Å². The molecule has 0 aliphatic heterocycles. The van der Waals surface area contributed by atoms with Crippen LogP contribution in [0.25, 0.3) is 0 Å². The number of alkyl halides is 1. The molecular formula is C10H18FN. The van der Waals surface area contributed by atoms with Gasteiger partial charge in [-0.25, -0.2) is 0 Å². The van der Waals surface area contributed by atoms with Crippen LogP contribution in [0.5, 0.6) is 0 Å². The fourth-order valence-electron chi connectivity index (χ4n) is 1.17. The SMILES string of the molecule is C=C/C(=C/CN)C(C)CCCF. The fraction of sp³-hybridized carbons (Fsp3) is 0.600. The zero-order valence-corrected chi connectivity index (χ0v) is 7.72. The lowest BCUT2D eigenvalue weighted by Gasteiger charge is -2.10. The normalized spacial score (nSPS) is 14.4. The molecule has 0 saturated heterocycles. The molecule has 0 aromatic carbocycles. The van der Waals surface area contributed by atoms with Crippen molar-refractivity contribution in [1.29, 1.82) is 0 Å². The van der Waals surface area contributed by atoms with Crippen molar-refractivity contribution < 1.29 is 4.39 Å². The molecule has 0 amide bonds. The Balaban J connectivity index is 3.93. The molecule has 2 N–H and O–H groups in total. The van der Waals surface area contributed by atoms with E-state index in [4.69, 9.17) is 5.73 Å². The second-order valence-corrected chi connectivity index (χ2v) is 2.88. The monoisotopic (exact) mass is 171 g/mol. The van der Waals surface area contributed by atoms with Gasteiger partial charge >= 0.3 is 0 Å². The highest BCUT2D eigenvalue weighted by Gasteiger charge is 2.04. The average molecular weight is 171 g/mol. The summed E-state index contributed by atoms with van der Waals surface area (Å²) >= 11 is 0. The lowest BCUT2D eigenvalue weighted by Crippen LogP contribution is -2.02. The van der Waals surface area contributed by atoms with Gasteiger partial charge in [-0.2, -0.15) is 0 Å². The first kappa shape index (κ1) is 11.4. The van der Waals surface area contributed by atoms with E-state index in [2.05, 4.69) is 13.5 Å². The van der Waals surface area contributed by atoms with Gasteiger partial charge < -0.3 is 5.73 Å². The maximum Gasteiger partial charge on any atom is 0.0894 e. The van der Waals surface area contributed by atoms with E-state index in [1.54, 1.807) is 6.08 Å². The molecule has 0 aliphatic carbocycles. The van der Waals surface area contributed by atoms with E-state index < -0.39 is 0 Å². The fourth-order valence-corrected chi connectivity index (χ4v) is 1.17. The largest absolute Gasteiger partial charge is 0.327 e. The smallest absolute Gasteiger partial charge is 0.0894 e. The van der Waals surface area contributed by atoms with E-state index in [-0.39, 0.29) is 6.67 Å². The molecule has 0 heterocycles. The standard InChI is InChI=1S/C10H18FN/c1-3-10(6-8-12)9(2)5-4-7-11/h3,6,9H,1,4-5,7-8,12H2,2H3/b10-6-. The molecule has 1 nitrogen and oxygen atoms in total. The maximum atomic E-state index is 11.8. The van der Waals surface area contributed by atoms with Gasteiger partial charge in [-0.1, -0.05) is 25.7 Å². The highest BCUT2D eigenvalue weighted by molar-refractivity contribution is 5.19. The molecule has 0 aliphatic rings. The highest BCUT2D eigenvalue weighted by Crippen LogP contribution is 2.16. The number of nitrogens with two attached hydrogens (primary N) is 1. The number of rotatable bonds is 6. The molecular weight excluding hydrogens is 153 g/mol. The van der Waals surface area contributed by atoms with Gasteiger partial charge in [0.15, 0.2) is 0 Å². The molecule has 0 fully saturated rings. The summed E-state index contributed by atoms with van der Waals surface area (Å²) in [4.78, 5) is 0. The summed E-state index contributed by atoms with van der Waals surface area (Å²) in [6.07, 6.45) is 5.23. The molecule has 70 valence electrons. The van der Waals surface area contributed by atoms with Gasteiger partial charge in [0.25, 0.3) is 0 Å². The van der Waals surface area contributed by atoms with Crippen LogP contribution in [-0.2, 0) is 0 Å². The molecule has 0 radical (unpaired) electrons. The molecule has 0 aromatic heterocycles. The lowest BCUT2D eigenvalue weighted by molar-refractivity contribution is 0.438. The first-order valence-corrected chi connectivity index (χ1v) is 4.34. The molecule has 0 spiro atoms. The van der Waals surface area contributed by atoms with Crippen molar-refractivity contribution in [2.75, 3.05) is 13.2 Å². The first-order chi connectivity index (χ1) is 5.76. The lowest BCUT2D eigenvalue weighted by atomic mass is 9.96. The van der Waals surface area contributed by atoms with E-state index in [0.29, 0.717) is 18.9 Å². The van der Waals surface area contributed by atoms with Crippen molar-refractivity contribution >= 4 is 0 Å². The predicted octanol–water partition coefficient (Wildman–Crippen LogP) is 2.44. The highest BCUT2D eigenvalue weighted by atomic mass is 19.1. The summed E-state index contributed by atoms with van der Waals surface area (Å²) in [6, 6.07) is 0. The Hall–Kier alpha value is -0.630. The summed E-state index contributed by atoms with van der Waals surface area (Å²) in [6.45, 7) is 6.05. The summed E-state index contributed by atoms with van der Waals surface area (Å²) in [7, 11) is 0. The van der Waals surface area contributed by atoms with Crippen LogP contribution in [0.3, 0.4) is 0 Å². The summed E-state index contributed by atoms with van der Waals surface area (Å²) in [5, 5.41) is 0. The van der Waals surface area contributed by atoms with Crippen molar-refractivity contribution in [2.45, 2.75) is 19.8 Å².